The van der Waals surface area contributed by atoms with E-state index in [4.69, 9.17) is 0 Å². The van der Waals surface area contributed by atoms with Crippen LogP contribution in [-0.4, -0.2) is 7.28 Å². The van der Waals surface area contributed by atoms with Crippen LogP contribution in [0, 0.1) is 0 Å². The van der Waals surface area contributed by atoms with Crippen LogP contribution < -0.4 is 10.9 Å². The van der Waals surface area contributed by atoms with Crippen molar-refractivity contribution in [1.29, 1.82) is 0 Å². The van der Waals surface area contributed by atoms with Crippen molar-refractivity contribution in [3.8, 4) is 11.1 Å². The molecule has 0 unspecified atom stereocenters. The molecule has 0 fully saturated rings. The minimum absolute atomic E-state index is 1.23. The number of rotatable bonds is 3. The van der Waals surface area contributed by atoms with Gasteiger partial charge in [-0.25, -0.2) is 0 Å². The first-order valence-electron chi connectivity index (χ1n) is 8.79. The summed E-state index contributed by atoms with van der Waals surface area (Å²) in [6.07, 6.45) is 0. The Morgan fingerprint density at radius 1 is 0.577 bits per heavy atom. The van der Waals surface area contributed by atoms with Crippen LogP contribution in [-0.2, 0) is 0 Å². The van der Waals surface area contributed by atoms with Gasteiger partial charge in [-0.3, -0.25) is 0 Å². The smallest absolute Gasteiger partial charge is 0.135 e. The van der Waals surface area contributed by atoms with Crippen molar-refractivity contribution < 1.29 is 0 Å². The van der Waals surface area contributed by atoms with Gasteiger partial charge in [-0.05, 0) is 17.2 Å². The second-order valence-corrected chi connectivity index (χ2v) is 7.51. The Labute approximate surface area is 158 Å². The minimum Gasteiger partial charge on any atom is -0.135 e. The maximum atomic E-state index is 2.28. The molecule has 0 aliphatic rings. The van der Waals surface area contributed by atoms with E-state index in [1.165, 1.54) is 42.2 Å². The molecule has 121 valence electrons. The Bertz CT molecular complexity index is 1200. The minimum atomic E-state index is 1.23. The van der Waals surface area contributed by atoms with Crippen LogP contribution in [0.4, 0.5) is 0 Å². The van der Waals surface area contributed by atoms with E-state index in [1.807, 2.05) is 11.3 Å². The van der Waals surface area contributed by atoms with E-state index in [2.05, 4.69) is 104 Å². The predicted octanol–water partition coefficient (Wildman–Crippen LogP) is 5.38. The summed E-state index contributed by atoms with van der Waals surface area (Å²) in [4.78, 5) is 0. The quantitative estimate of drug-likeness (QED) is 0.385. The van der Waals surface area contributed by atoms with Gasteiger partial charge in [0.2, 0.25) is 0 Å². The molecule has 0 aliphatic heterocycles. The Morgan fingerprint density at radius 3 is 2.23 bits per heavy atom. The zero-order valence-electron chi connectivity index (χ0n) is 14.2. The van der Waals surface area contributed by atoms with Gasteiger partial charge in [0, 0.05) is 20.2 Å². The van der Waals surface area contributed by atoms with E-state index >= 15 is 0 Å². The molecule has 0 aliphatic carbocycles. The van der Waals surface area contributed by atoms with Crippen LogP contribution >= 0.6 is 11.3 Å². The Hall–Kier alpha value is -2.84. The van der Waals surface area contributed by atoms with Crippen LogP contribution in [0.5, 0.6) is 0 Å². The first-order valence-corrected chi connectivity index (χ1v) is 9.61. The number of benzene rings is 4. The number of hydrogen-bond acceptors (Lipinski definition) is 1. The van der Waals surface area contributed by atoms with Crippen molar-refractivity contribution in [1.82, 2.24) is 0 Å². The van der Waals surface area contributed by atoms with Crippen molar-refractivity contribution >= 4 is 49.7 Å². The fourth-order valence-electron chi connectivity index (χ4n) is 3.51. The van der Waals surface area contributed by atoms with Gasteiger partial charge in [-0.1, -0.05) is 102 Å². The molecule has 0 amide bonds. The monoisotopic (exact) mass is 347 g/mol. The van der Waals surface area contributed by atoms with Crippen LogP contribution in [0.3, 0.4) is 0 Å². The molecule has 1 radical (unpaired) electrons. The maximum absolute atomic E-state index is 2.28. The lowest BCUT2D eigenvalue weighted by molar-refractivity contribution is 1.70. The van der Waals surface area contributed by atoms with Gasteiger partial charge in [-0.15, -0.1) is 11.3 Å². The van der Waals surface area contributed by atoms with E-state index in [1.54, 1.807) is 0 Å². The van der Waals surface area contributed by atoms with Gasteiger partial charge in [0.1, 0.15) is 0 Å². The van der Waals surface area contributed by atoms with Gasteiger partial charge < -0.3 is 0 Å². The standard InChI is InChI=1S/C24H16BS/c1-2-9-18(10-3-1)25-19-11-6-8-17(16-19)20-13-7-14-22-21-12-4-5-15-23(21)26-24(20)22/h1-16H. The maximum Gasteiger partial charge on any atom is 0.191 e. The third-order valence-corrected chi connectivity index (χ3v) is 5.95. The molecule has 4 aromatic carbocycles. The first kappa shape index (κ1) is 15.4. The molecule has 0 saturated heterocycles. The SMILES string of the molecule is [B](c1ccccc1)c1cccc(-c2cccc3c2sc2ccccc23)c1. The third-order valence-electron chi connectivity index (χ3n) is 4.73. The molecule has 2 heteroatoms. The van der Waals surface area contributed by atoms with Crippen molar-refractivity contribution in [2.45, 2.75) is 0 Å². The Balaban J connectivity index is 1.63. The second-order valence-electron chi connectivity index (χ2n) is 6.46. The van der Waals surface area contributed by atoms with Gasteiger partial charge in [0.25, 0.3) is 0 Å². The number of fused-ring (bicyclic) bond motifs is 3. The third kappa shape index (κ3) is 2.73. The molecule has 0 saturated carbocycles. The van der Waals surface area contributed by atoms with Crippen molar-refractivity contribution in [3.05, 3.63) is 97.1 Å². The fraction of sp³-hybridized carbons (Fsp3) is 0. The molecule has 5 rings (SSSR count). The van der Waals surface area contributed by atoms with Crippen LogP contribution in [0.15, 0.2) is 97.1 Å². The Morgan fingerprint density at radius 2 is 1.31 bits per heavy atom. The first-order chi connectivity index (χ1) is 12.9. The molecular weight excluding hydrogens is 331 g/mol. The highest BCUT2D eigenvalue weighted by molar-refractivity contribution is 7.26. The summed E-state index contributed by atoms with van der Waals surface area (Å²) in [5.41, 5.74) is 5.04. The summed E-state index contributed by atoms with van der Waals surface area (Å²) in [6, 6.07) is 34.6. The Kier molecular flexibility index (Phi) is 3.84. The summed E-state index contributed by atoms with van der Waals surface area (Å²) < 4.78 is 2.72. The predicted molar refractivity (Wildman–Crippen MR) is 116 cm³/mol. The summed E-state index contributed by atoms with van der Waals surface area (Å²) in [7, 11) is 2.23. The lowest BCUT2D eigenvalue weighted by Crippen LogP contribution is -2.26. The van der Waals surface area contributed by atoms with Crippen LogP contribution in [0.25, 0.3) is 31.3 Å². The lowest BCUT2D eigenvalue weighted by Gasteiger charge is -2.07. The zero-order chi connectivity index (χ0) is 17.3. The topological polar surface area (TPSA) is 0 Å². The summed E-state index contributed by atoms with van der Waals surface area (Å²) in [6.45, 7) is 0. The van der Waals surface area contributed by atoms with E-state index in [-0.39, 0.29) is 0 Å². The van der Waals surface area contributed by atoms with Crippen molar-refractivity contribution in [2.24, 2.45) is 0 Å². The van der Waals surface area contributed by atoms with E-state index in [0.717, 1.165) is 0 Å². The van der Waals surface area contributed by atoms with E-state index < -0.39 is 0 Å². The average Bonchev–Trinajstić information content (AvgIpc) is 3.08. The highest BCUT2D eigenvalue weighted by Gasteiger charge is 2.10. The highest BCUT2D eigenvalue weighted by Crippen LogP contribution is 2.39. The van der Waals surface area contributed by atoms with E-state index in [0.29, 0.717) is 0 Å². The van der Waals surface area contributed by atoms with Gasteiger partial charge in [-0.2, -0.15) is 0 Å². The molecular formula is C24H16BS. The summed E-state index contributed by atoms with van der Waals surface area (Å²) in [5, 5.41) is 2.70. The van der Waals surface area contributed by atoms with Gasteiger partial charge in [0.05, 0.1) is 0 Å². The fourth-order valence-corrected chi connectivity index (χ4v) is 4.75. The van der Waals surface area contributed by atoms with Crippen LogP contribution in [0.2, 0.25) is 0 Å². The second kappa shape index (κ2) is 6.47. The molecule has 5 aromatic rings. The number of thiophene rings is 1. The largest absolute Gasteiger partial charge is 0.191 e. The molecule has 0 N–H and O–H groups in total. The van der Waals surface area contributed by atoms with Gasteiger partial charge in [0.15, 0.2) is 7.28 Å². The van der Waals surface area contributed by atoms with Crippen molar-refractivity contribution in [3.63, 3.8) is 0 Å². The van der Waals surface area contributed by atoms with Crippen molar-refractivity contribution in [2.75, 3.05) is 0 Å². The van der Waals surface area contributed by atoms with E-state index in [9.17, 15) is 0 Å². The summed E-state index contributed by atoms with van der Waals surface area (Å²) in [5.74, 6) is 0. The number of hydrogen-bond donors (Lipinski definition) is 0. The molecule has 26 heavy (non-hydrogen) atoms. The highest BCUT2D eigenvalue weighted by atomic mass is 32.1. The molecule has 0 atom stereocenters. The molecule has 1 aromatic heterocycles. The average molecular weight is 347 g/mol. The van der Waals surface area contributed by atoms with Gasteiger partial charge >= 0.3 is 0 Å². The molecule has 0 nitrogen and oxygen atoms in total. The zero-order valence-corrected chi connectivity index (χ0v) is 15.0. The summed E-state index contributed by atoms with van der Waals surface area (Å²) >= 11 is 1.88. The van der Waals surface area contributed by atoms with Crippen LogP contribution in [0.1, 0.15) is 0 Å². The normalized spacial score (nSPS) is 11.1. The molecule has 0 spiro atoms. The molecule has 1 heterocycles. The lowest BCUT2D eigenvalue weighted by atomic mass is 9.64. The molecule has 0 bridgehead atoms.